The zero-order valence-electron chi connectivity index (χ0n) is 10.2. The summed E-state index contributed by atoms with van der Waals surface area (Å²) in [5, 5.41) is 0. The van der Waals surface area contributed by atoms with E-state index in [2.05, 4.69) is 23.4 Å². The van der Waals surface area contributed by atoms with Crippen molar-refractivity contribution in [1.29, 1.82) is 0 Å². The molecule has 0 unspecified atom stereocenters. The molecule has 0 aromatic heterocycles. The molecule has 0 rings (SSSR count). The van der Waals surface area contributed by atoms with Crippen molar-refractivity contribution < 1.29 is 0 Å². The summed E-state index contributed by atoms with van der Waals surface area (Å²) in [7, 11) is 1.98. The Balaban J connectivity index is 2.78. The second kappa shape index (κ2) is 13.9. The minimum Gasteiger partial charge on any atom is -0.0654 e. The first-order valence-corrected chi connectivity index (χ1v) is 7.80. The molecule has 0 atom stereocenters. The van der Waals surface area contributed by atoms with Crippen LogP contribution in [-0.4, -0.2) is 22.3 Å². The van der Waals surface area contributed by atoms with Crippen molar-refractivity contribution in [1.82, 2.24) is 0 Å². The van der Waals surface area contributed by atoms with Crippen LogP contribution in [0.1, 0.15) is 71.1 Å². The molecule has 0 radical (unpaired) electrons. The van der Waals surface area contributed by atoms with E-state index in [0.717, 1.165) is 0 Å². The Morgan fingerprint density at radius 2 is 1.14 bits per heavy atom. The summed E-state index contributed by atoms with van der Waals surface area (Å²) in [6.07, 6.45) is 14.5. The Kier molecular flexibility index (Phi) is 14.9. The van der Waals surface area contributed by atoms with Crippen LogP contribution in [0.25, 0.3) is 0 Å². The van der Waals surface area contributed by atoms with Crippen LogP contribution in [-0.2, 0) is 0 Å². The molecule has 0 spiro atoms. The molecule has 14 heavy (non-hydrogen) atoms. The molecule has 0 aromatic rings. The third kappa shape index (κ3) is 12.9. The summed E-state index contributed by atoms with van der Waals surface area (Å²) in [4.78, 5) is 0. The molecule has 0 aliphatic rings. The second-order valence-electron chi connectivity index (χ2n) is 4.17. The van der Waals surface area contributed by atoms with E-state index in [-0.39, 0.29) is 0 Å². The molecule has 0 aliphatic heterocycles. The fourth-order valence-electron chi connectivity index (χ4n) is 1.73. The van der Waals surface area contributed by atoms with Crippen LogP contribution < -0.4 is 0 Å². The molecule has 0 N–H and O–H groups in total. The van der Waals surface area contributed by atoms with Crippen molar-refractivity contribution in [3.63, 3.8) is 0 Å². The van der Waals surface area contributed by atoms with E-state index >= 15 is 0 Å². The van der Waals surface area contributed by atoms with Crippen molar-refractivity contribution in [2.24, 2.45) is 0 Å². The Labute approximate surface area is 103 Å². The van der Waals surface area contributed by atoms with Gasteiger partial charge in [0.1, 0.15) is 0 Å². The zero-order chi connectivity index (χ0) is 10.5. The van der Waals surface area contributed by atoms with Crippen LogP contribution in [0.2, 0.25) is 0 Å². The first-order valence-electron chi connectivity index (χ1n) is 6.40. The normalized spacial score (nSPS) is 10.8. The average Bonchev–Trinajstić information content (AvgIpc) is 2.21. The number of hydrogen-bond donors (Lipinski definition) is 0. The van der Waals surface area contributed by atoms with Gasteiger partial charge >= 0.3 is 96.3 Å². The molecular formula is C12H25LiS. The fraction of sp³-hybridized carbons (Fsp3) is 1.00. The molecule has 0 nitrogen and oxygen atoms in total. The van der Waals surface area contributed by atoms with E-state index < -0.39 is 0 Å². The van der Waals surface area contributed by atoms with E-state index in [1.807, 2.05) is 9.86 Å². The molecule has 0 saturated carbocycles. The predicted molar refractivity (Wildman–Crippen MR) is 70.1 cm³/mol. The number of hydrogen-bond acceptors (Lipinski definition) is 1. The molecule has 80 valence electrons. The molecule has 0 aliphatic carbocycles. The predicted octanol–water partition coefficient (Wildman–Crippen LogP) is 4.72. The van der Waals surface area contributed by atoms with Crippen LogP contribution in [0.3, 0.4) is 0 Å². The van der Waals surface area contributed by atoms with Gasteiger partial charge in [0.2, 0.25) is 0 Å². The smallest absolute Gasteiger partial charge is 0.0654 e. The zero-order valence-corrected chi connectivity index (χ0v) is 11.0. The van der Waals surface area contributed by atoms with Crippen LogP contribution in [0.4, 0.5) is 0 Å². The van der Waals surface area contributed by atoms with Crippen molar-refractivity contribution in [2.75, 3.05) is 5.75 Å². The average molecular weight is 208 g/mol. The number of rotatable bonds is 11. The van der Waals surface area contributed by atoms with Crippen molar-refractivity contribution in [2.45, 2.75) is 71.1 Å². The van der Waals surface area contributed by atoms with Gasteiger partial charge in [-0.15, -0.1) is 0 Å². The maximum atomic E-state index is 2.28. The summed E-state index contributed by atoms with van der Waals surface area (Å²) in [6.45, 7) is 2.28. The summed E-state index contributed by atoms with van der Waals surface area (Å²) >= 11 is 2.20. The van der Waals surface area contributed by atoms with E-state index in [1.54, 1.807) is 0 Å². The summed E-state index contributed by atoms with van der Waals surface area (Å²) < 4.78 is 0. The molecule has 2 heteroatoms. The molecule has 0 heterocycles. The molecule has 0 fully saturated rings. The molecule has 0 aromatic carbocycles. The van der Waals surface area contributed by atoms with Gasteiger partial charge in [0.25, 0.3) is 0 Å². The minimum absolute atomic E-state index is 1.36. The van der Waals surface area contributed by atoms with Crippen LogP contribution in [0.15, 0.2) is 0 Å². The van der Waals surface area contributed by atoms with Crippen LogP contribution >= 0.6 is 9.86 Å². The standard InChI is InChI=1S/C12H26S.Li/c1-2-3-4-5-6-7-8-9-10-11-12-13;/h13H,2-12H2,1H3;/q;+1/p-1. The van der Waals surface area contributed by atoms with Gasteiger partial charge in [0.15, 0.2) is 0 Å². The summed E-state index contributed by atoms with van der Waals surface area (Å²) in [5.41, 5.74) is 0. The summed E-state index contributed by atoms with van der Waals surface area (Å²) in [6, 6.07) is 0. The Bertz CT molecular complexity index is 84.3. The fourth-order valence-corrected chi connectivity index (χ4v) is 2.23. The van der Waals surface area contributed by atoms with Crippen LogP contribution in [0, 0.1) is 0 Å². The van der Waals surface area contributed by atoms with Crippen molar-refractivity contribution >= 4 is 26.4 Å². The maximum absolute atomic E-state index is 2.28. The Hall–Kier alpha value is 0.947. The first kappa shape index (κ1) is 14.9. The van der Waals surface area contributed by atoms with Gasteiger partial charge in [0, 0.05) is 0 Å². The van der Waals surface area contributed by atoms with Gasteiger partial charge < -0.3 is 0 Å². The van der Waals surface area contributed by atoms with Crippen molar-refractivity contribution in [3.8, 4) is 0 Å². The van der Waals surface area contributed by atoms with Gasteiger partial charge in [-0.3, -0.25) is 0 Å². The van der Waals surface area contributed by atoms with Gasteiger partial charge in [0.05, 0.1) is 0 Å². The van der Waals surface area contributed by atoms with E-state index in [1.165, 1.54) is 70.0 Å². The molecule has 0 amide bonds. The SMILES string of the molecule is [Li][S]CCCCCCCCCCCC. The Morgan fingerprint density at radius 3 is 1.57 bits per heavy atom. The van der Waals surface area contributed by atoms with Gasteiger partial charge in [-0.2, -0.15) is 0 Å². The second-order valence-corrected chi connectivity index (χ2v) is 5.16. The molecular weight excluding hydrogens is 183 g/mol. The van der Waals surface area contributed by atoms with E-state index in [0.29, 0.717) is 0 Å². The first-order chi connectivity index (χ1) is 6.91. The van der Waals surface area contributed by atoms with E-state index in [9.17, 15) is 0 Å². The van der Waals surface area contributed by atoms with Crippen LogP contribution in [0.5, 0.6) is 0 Å². The van der Waals surface area contributed by atoms with Gasteiger partial charge in [-0.25, -0.2) is 0 Å². The van der Waals surface area contributed by atoms with Crippen molar-refractivity contribution in [3.05, 3.63) is 0 Å². The quantitative estimate of drug-likeness (QED) is 0.349. The molecule has 0 bridgehead atoms. The third-order valence-corrected chi connectivity index (χ3v) is 3.40. The minimum atomic E-state index is 1.36. The topological polar surface area (TPSA) is 0 Å². The third-order valence-electron chi connectivity index (χ3n) is 2.70. The van der Waals surface area contributed by atoms with Gasteiger partial charge in [-0.1, -0.05) is 6.92 Å². The van der Waals surface area contributed by atoms with Gasteiger partial charge in [-0.05, 0) is 0 Å². The number of unbranched alkanes of at least 4 members (excludes halogenated alkanes) is 9. The summed E-state index contributed by atoms with van der Waals surface area (Å²) in [5.74, 6) is 1.36. The van der Waals surface area contributed by atoms with E-state index in [4.69, 9.17) is 0 Å². The Morgan fingerprint density at radius 1 is 0.714 bits per heavy atom. The molecule has 0 saturated heterocycles. The monoisotopic (exact) mass is 208 g/mol.